The van der Waals surface area contributed by atoms with Crippen LogP contribution in [0.25, 0.3) is 0 Å². The van der Waals surface area contributed by atoms with Crippen LogP contribution in [0.15, 0.2) is 48.5 Å². The lowest BCUT2D eigenvalue weighted by atomic mass is 10.2. The standard InChI is InChI=1S/C18H20ClNO3/c1-13(18(21)22)20(2)11-14-6-5-8-16(10-14)23-12-15-7-3-4-9-17(15)19/h3-10,13H,11-12H2,1-2H3,(H,21,22). The zero-order valence-electron chi connectivity index (χ0n) is 13.2. The summed E-state index contributed by atoms with van der Waals surface area (Å²) in [5, 5.41) is 9.72. The molecule has 1 N–H and O–H groups in total. The zero-order valence-corrected chi connectivity index (χ0v) is 14.0. The van der Waals surface area contributed by atoms with Gasteiger partial charge in [-0.05, 0) is 37.7 Å². The van der Waals surface area contributed by atoms with E-state index in [0.29, 0.717) is 18.2 Å². The Morgan fingerprint density at radius 2 is 2.00 bits per heavy atom. The Hall–Kier alpha value is -2.04. The second kappa shape index (κ2) is 7.99. The normalized spacial score (nSPS) is 12.2. The number of carboxylic acids is 1. The lowest BCUT2D eigenvalue weighted by Gasteiger charge is -2.21. The van der Waals surface area contributed by atoms with Gasteiger partial charge in [-0.3, -0.25) is 9.69 Å². The maximum atomic E-state index is 11.0. The Labute approximate surface area is 141 Å². The van der Waals surface area contributed by atoms with Crippen molar-refractivity contribution < 1.29 is 14.6 Å². The van der Waals surface area contributed by atoms with Gasteiger partial charge in [-0.15, -0.1) is 0 Å². The van der Waals surface area contributed by atoms with Crippen LogP contribution in [0, 0.1) is 0 Å². The molecule has 2 rings (SSSR count). The van der Waals surface area contributed by atoms with Crippen LogP contribution in [-0.4, -0.2) is 29.1 Å². The minimum absolute atomic E-state index is 0.393. The molecule has 0 aromatic heterocycles. The van der Waals surface area contributed by atoms with Gasteiger partial charge in [0.2, 0.25) is 0 Å². The molecule has 23 heavy (non-hydrogen) atoms. The fourth-order valence-electron chi connectivity index (χ4n) is 2.12. The van der Waals surface area contributed by atoms with Crippen molar-refractivity contribution in [1.29, 1.82) is 0 Å². The summed E-state index contributed by atoms with van der Waals surface area (Å²) in [6.07, 6.45) is 0. The first-order chi connectivity index (χ1) is 11.0. The number of hydrogen-bond donors (Lipinski definition) is 1. The van der Waals surface area contributed by atoms with Crippen molar-refractivity contribution in [2.45, 2.75) is 26.1 Å². The molecule has 2 aromatic carbocycles. The first-order valence-electron chi connectivity index (χ1n) is 7.35. The van der Waals surface area contributed by atoms with Crippen LogP contribution in [0.1, 0.15) is 18.1 Å². The molecule has 122 valence electrons. The van der Waals surface area contributed by atoms with Crippen LogP contribution in [-0.2, 0) is 17.9 Å². The lowest BCUT2D eigenvalue weighted by Crippen LogP contribution is -2.35. The van der Waals surface area contributed by atoms with E-state index in [1.54, 1.807) is 18.9 Å². The van der Waals surface area contributed by atoms with Crippen molar-refractivity contribution >= 4 is 17.6 Å². The number of hydrogen-bond acceptors (Lipinski definition) is 3. The fraction of sp³-hybridized carbons (Fsp3) is 0.278. The number of rotatable bonds is 7. The van der Waals surface area contributed by atoms with Gasteiger partial charge in [-0.25, -0.2) is 0 Å². The Kier molecular flexibility index (Phi) is 6.02. The Bertz CT molecular complexity index is 675. The molecule has 1 unspecified atom stereocenters. The van der Waals surface area contributed by atoms with Gasteiger partial charge < -0.3 is 9.84 Å². The summed E-state index contributed by atoms with van der Waals surface area (Å²) in [7, 11) is 1.79. The highest BCUT2D eigenvalue weighted by molar-refractivity contribution is 6.31. The first-order valence-corrected chi connectivity index (χ1v) is 7.73. The van der Waals surface area contributed by atoms with Gasteiger partial charge in [0.15, 0.2) is 0 Å². The van der Waals surface area contributed by atoms with Gasteiger partial charge in [0, 0.05) is 17.1 Å². The SMILES string of the molecule is CC(C(=O)O)N(C)Cc1cccc(OCc2ccccc2Cl)c1. The summed E-state index contributed by atoms with van der Waals surface area (Å²) in [5.74, 6) is -0.0996. The van der Waals surface area contributed by atoms with Crippen molar-refractivity contribution in [2.75, 3.05) is 7.05 Å². The summed E-state index contributed by atoms with van der Waals surface area (Å²) in [4.78, 5) is 12.8. The molecule has 0 spiro atoms. The number of carbonyl (C=O) groups is 1. The maximum absolute atomic E-state index is 11.0. The molecule has 4 nitrogen and oxygen atoms in total. The van der Waals surface area contributed by atoms with E-state index in [9.17, 15) is 4.79 Å². The average Bonchev–Trinajstić information content (AvgIpc) is 2.53. The summed E-state index contributed by atoms with van der Waals surface area (Å²) in [5.41, 5.74) is 1.92. The van der Waals surface area contributed by atoms with E-state index in [2.05, 4.69) is 0 Å². The molecule has 0 fully saturated rings. The molecule has 0 aliphatic heterocycles. The van der Waals surface area contributed by atoms with Gasteiger partial charge >= 0.3 is 5.97 Å². The van der Waals surface area contributed by atoms with Gasteiger partial charge in [-0.1, -0.05) is 41.9 Å². The van der Waals surface area contributed by atoms with Gasteiger partial charge in [0.1, 0.15) is 18.4 Å². The molecule has 5 heteroatoms. The van der Waals surface area contributed by atoms with Gasteiger partial charge in [-0.2, -0.15) is 0 Å². The summed E-state index contributed by atoms with van der Waals surface area (Å²) in [6, 6.07) is 14.7. The third kappa shape index (κ3) is 4.98. The lowest BCUT2D eigenvalue weighted by molar-refractivity contribution is -0.142. The highest BCUT2D eigenvalue weighted by atomic mass is 35.5. The summed E-state index contributed by atoms with van der Waals surface area (Å²) in [6.45, 7) is 2.60. The molecular weight excluding hydrogens is 314 g/mol. The number of carboxylic acid groups (broad SMARTS) is 1. The number of halogens is 1. The average molecular weight is 334 g/mol. The Morgan fingerprint density at radius 1 is 1.26 bits per heavy atom. The van der Waals surface area contributed by atoms with Crippen molar-refractivity contribution in [2.24, 2.45) is 0 Å². The van der Waals surface area contributed by atoms with Crippen LogP contribution in [0.4, 0.5) is 0 Å². The predicted octanol–water partition coefficient (Wildman–Crippen LogP) is 3.82. The highest BCUT2D eigenvalue weighted by Crippen LogP contribution is 2.20. The van der Waals surface area contributed by atoms with Crippen LogP contribution < -0.4 is 4.74 Å². The third-order valence-corrected chi connectivity index (χ3v) is 4.07. The topological polar surface area (TPSA) is 49.8 Å². The van der Waals surface area contributed by atoms with E-state index in [1.165, 1.54) is 0 Å². The minimum Gasteiger partial charge on any atom is -0.489 e. The summed E-state index contributed by atoms with van der Waals surface area (Å²) >= 11 is 6.11. The van der Waals surface area contributed by atoms with E-state index in [4.69, 9.17) is 21.4 Å². The van der Waals surface area contributed by atoms with Crippen LogP contribution >= 0.6 is 11.6 Å². The first kappa shape index (κ1) is 17.3. The molecule has 1 atom stereocenters. The molecule has 0 heterocycles. The molecule has 0 saturated heterocycles. The Balaban J connectivity index is 2.00. The van der Waals surface area contributed by atoms with Crippen LogP contribution in [0.2, 0.25) is 5.02 Å². The van der Waals surface area contributed by atoms with Crippen LogP contribution in [0.5, 0.6) is 5.75 Å². The molecular formula is C18H20ClNO3. The van der Waals surface area contributed by atoms with E-state index < -0.39 is 12.0 Å². The zero-order chi connectivity index (χ0) is 16.8. The number of ether oxygens (including phenoxy) is 1. The molecule has 0 amide bonds. The molecule has 0 aliphatic rings. The van der Waals surface area contributed by atoms with Crippen LogP contribution in [0.3, 0.4) is 0 Å². The highest BCUT2D eigenvalue weighted by Gasteiger charge is 2.16. The summed E-state index contributed by atoms with van der Waals surface area (Å²) < 4.78 is 5.78. The predicted molar refractivity (Wildman–Crippen MR) is 90.8 cm³/mol. The second-order valence-corrected chi connectivity index (χ2v) is 5.86. The van der Waals surface area contributed by atoms with Crippen molar-refractivity contribution in [1.82, 2.24) is 4.90 Å². The largest absolute Gasteiger partial charge is 0.489 e. The van der Waals surface area contributed by atoms with Gasteiger partial charge in [0.05, 0.1) is 0 Å². The smallest absolute Gasteiger partial charge is 0.320 e. The van der Waals surface area contributed by atoms with E-state index in [1.807, 2.05) is 48.5 Å². The quantitative estimate of drug-likeness (QED) is 0.836. The Morgan fingerprint density at radius 3 is 2.70 bits per heavy atom. The monoisotopic (exact) mass is 333 g/mol. The van der Waals surface area contributed by atoms with E-state index in [-0.39, 0.29) is 0 Å². The molecule has 0 radical (unpaired) electrons. The third-order valence-electron chi connectivity index (χ3n) is 3.70. The number of likely N-dealkylation sites (N-methyl/N-ethyl adjacent to an activating group) is 1. The van der Waals surface area contributed by atoms with Crippen molar-refractivity contribution in [3.8, 4) is 5.75 Å². The number of benzene rings is 2. The van der Waals surface area contributed by atoms with Crippen molar-refractivity contribution in [3.05, 3.63) is 64.7 Å². The van der Waals surface area contributed by atoms with Crippen molar-refractivity contribution in [3.63, 3.8) is 0 Å². The molecule has 2 aromatic rings. The molecule has 0 saturated carbocycles. The van der Waals surface area contributed by atoms with E-state index in [0.717, 1.165) is 16.9 Å². The molecule has 0 bridgehead atoms. The van der Waals surface area contributed by atoms with Gasteiger partial charge in [0.25, 0.3) is 0 Å². The number of aliphatic carboxylic acids is 1. The fourth-order valence-corrected chi connectivity index (χ4v) is 2.31. The number of nitrogens with zero attached hydrogens (tertiary/aromatic N) is 1. The minimum atomic E-state index is -0.835. The second-order valence-electron chi connectivity index (χ2n) is 5.46. The maximum Gasteiger partial charge on any atom is 0.320 e. The molecule has 0 aliphatic carbocycles. The van der Waals surface area contributed by atoms with E-state index >= 15 is 0 Å².